The molecule has 2 amide bonds. The van der Waals surface area contributed by atoms with Crippen molar-refractivity contribution in [1.82, 2.24) is 29.9 Å². The van der Waals surface area contributed by atoms with Gasteiger partial charge in [-0.2, -0.15) is 5.10 Å². The number of hydrogen-bond acceptors (Lipinski definition) is 4. The van der Waals surface area contributed by atoms with Gasteiger partial charge in [0.1, 0.15) is 0 Å². The Kier molecular flexibility index (Phi) is 5.88. The number of aromatic nitrogens is 3. The van der Waals surface area contributed by atoms with Gasteiger partial charge < -0.3 is 10.2 Å². The second kappa shape index (κ2) is 8.31. The Labute approximate surface area is 155 Å². The number of nitrogens with one attached hydrogen (secondary N) is 1. The summed E-state index contributed by atoms with van der Waals surface area (Å²) < 4.78 is 2.07. The minimum atomic E-state index is -0.101. The maximum absolute atomic E-state index is 11.7. The van der Waals surface area contributed by atoms with Gasteiger partial charge in [-0.3, -0.25) is 14.6 Å². The summed E-state index contributed by atoms with van der Waals surface area (Å²) in [6.45, 7) is 6.25. The van der Waals surface area contributed by atoms with E-state index in [1.807, 2.05) is 6.20 Å². The lowest BCUT2D eigenvalue weighted by Gasteiger charge is -2.19. The maximum Gasteiger partial charge on any atom is 0.317 e. The number of carbonyl (C=O) groups is 1. The van der Waals surface area contributed by atoms with Crippen molar-refractivity contribution in [3.05, 3.63) is 47.0 Å². The maximum atomic E-state index is 11.7. The molecule has 0 unspecified atom stereocenters. The van der Waals surface area contributed by atoms with Crippen LogP contribution in [0.15, 0.2) is 24.4 Å². The summed E-state index contributed by atoms with van der Waals surface area (Å²) in [5, 5.41) is 7.52. The lowest BCUT2D eigenvalue weighted by Crippen LogP contribution is -2.34. The Morgan fingerprint density at radius 3 is 2.81 bits per heavy atom. The van der Waals surface area contributed by atoms with E-state index < -0.39 is 0 Å². The van der Waals surface area contributed by atoms with Gasteiger partial charge in [-0.1, -0.05) is 13.0 Å². The topological polar surface area (TPSA) is 66.3 Å². The van der Waals surface area contributed by atoms with Gasteiger partial charge in [0.2, 0.25) is 0 Å². The lowest BCUT2D eigenvalue weighted by molar-refractivity contribution is 0.217. The smallest absolute Gasteiger partial charge is 0.317 e. The second-order valence-corrected chi connectivity index (χ2v) is 6.98. The first kappa shape index (κ1) is 18.4. The predicted molar refractivity (Wildman–Crippen MR) is 100 cm³/mol. The standard InChI is InChI=1S/C19H28N6O/c1-4-15-6-7-16(20-11-15)13-24-8-5-9-25-18(14-24)10-17(22-25)12-21-19(26)23(2)3/h6-7,10-11H,4-5,8-9,12-14H2,1-3H3,(H,21,26). The van der Waals surface area contributed by atoms with Gasteiger partial charge in [0, 0.05) is 46.5 Å². The molecule has 0 spiro atoms. The van der Waals surface area contributed by atoms with E-state index in [1.165, 1.54) is 16.2 Å². The van der Waals surface area contributed by atoms with E-state index in [4.69, 9.17) is 0 Å². The van der Waals surface area contributed by atoms with Crippen LogP contribution in [0.3, 0.4) is 0 Å². The van der Waals surface area contributed by atoms with Crippen molar-refractivity contribution in [3.63, 3.8) is 0 Å². The van der Waals surface area contributed by atoms with Crippen molar-refractivity contribution in [2.24, 2.45) is 0 Å². The van der Waals surface area contributed by atoms with Crippen LogP contribution in [-0.2, 0) is 32.6 Å². The summed E-state index contributed by atoms with van der Waals surface area (Å²) in [5.41, 5.74) is 4.48. The van der Waals surface area contributed by atoms with Crippen LogP contribution in [0.2, 0.25) is 0 Å². The van der Waals surface area contributed by atoms with Gasteiger partial charge in [0.15, 0.2) is 0 Å². The normalized spacial score (nSPS) is 14.6. The number of fused-ring (bicyclic) bond motifs is 1. The highest BCUT2D eigenvalue weighted by atomic mass is 16.2. The molecule has 0 radical (unpaired) electrons. The molecule has 2 aromatic heterocycles. The zero-order valence-electron chi connectivity index (χ0n) is 15.9. The number of urea groups is 1. The first-order chi connectivity index (χ1) is 12.5. The molecule has 0 aromatic carbocycles. The summed E-state index contributed by atoms with van der Waals surface area (Å²) in [4.78, 5) is 20.2. The zero-order chi connectivity index (χ0) is 18.5. The number of rotatable bonds is 5. The summed E-state index contributed by atoms with van der Waals surface area (Å²) in [5.74, 6) is 0. The van der Waals surface area contributed by atoms with Crippen LogP contribution >= 0.6 is 0 Å². The minimum absolute atomic E-state index is 0.101. The van der Waals surface area contributed by atoms with Crippen LogP contribution in [0.1, 0.15) is 36.0 Å². The third kappa shape index (κ3) is 4.60. The molecule has 2 aromatic rings. The SMILES string of the molecule is CCc1ccc(CN2CCCn3nc(CNC(=O)N(C)C)cc3C2)nc1. The molecule has 0 fully saturated rings. The molecule has 3 rings (SSSR count). The van der Waals surface area contributed by atoms with Crippen molar-refractivity contribution in [3.8, 4) is 0 Å². The zero-order valence-corrected chi connectivity index (χ0v) is 15.9. The van der Waals surface area contributed by atoms with Gasteiger partial charge >= 0.3 is 6.03 Å². The Bertz CT molecular complexity index is 737. The molecular weight excluding hydrogens is 328 g/mol. The van der Waals surface area contributed by atoms with E-state index >= 15 is 0 Å². The predicted octanol–water partition coefficient (Wildman–Crippen LogP) is 2.02. The highest BCUT2D eigenvalue weighted by Crippen LogP contribution is 2.16. The van der Waals surface area contributed by atoms with Crippen LogP contribution in [-0.4, -0.2) is 51.2 Å². The molecule has 0 saturated carbocycles. The third-order valence-electron chi connectivity index (χ3n) is 4.65. The molecule has 0 bridgehead atoms. The summed E-state index contributed by atoms with van der Waals surface area (Å²) in [7, 11) is 3.47. The van der Waals surface area contributed by atoms with Crippen molar-refractivity contribution >= 4 is 6.03 Å². The average Bonchev–Trinajstić information content (AvgIpc) is 2.92. The first-order valence-electron chi connectivity index (χ1n) is 9.22. The largest absolute Gasteiger partial charge is 0.332 e. The van der Waals surface area contributed by atoms with E-state index in [0.29, 0.717) is 6.54 Å². The molecule has 0 atom stereocenters. The molecule has 1 aliphatic rings. The number of nitrogens with zero attached hydrogens (tertiary/aromatic N) is 5. The quantitative estimate of drug-likeness (QED) is 0.890. The fraction of sp³-hybridized carbons (Fsp3) is 0.526. The van der Waals surface area contributed by atoms with Gasteiger partial charge in [-0.15, -0.1) is 0 Å². The van der Waals surface area contributed by atoms with Crippen molar-refractivity contribution < 1.29 is 4.79 Å². The van der Waals surface area contributed by atoms with Gasteiger partial charge in [0.25, 0.3) is 0 Å². The van der Waals surface area contributed by atoms with Crippen LogP contribution < -0.4 is 5.32 Å². The number of hydrogen-bond donors (Lipinski definition) is 1. The Balaban J connectivity index is 1.62. The van der Waals surface area contributed by atoms with Gasteiger partial charge in [0.05, 0.1) is 23.6 Å². The number of aryl methyl sites for hydroxylation is 2. The van der Waals surface area contributed by atoms with Crippen molar-refractivity contribution in [2.45, 2.75) is 45.9 Å². The molecule has 0 saturated heterocycles. The fourth-order valence-corrected chi connectivity index (χ4v) is 3.12. The Hall–Kier alpha value is -2.41. The molecule has 3 heterocycles. The monoisotopic (exact) mass is 356 g/mol. The van der Waals surface area contributed by atoms with Crippen molar-refractivity contribution in [1.29, 1.82) is 0 Å². The van der Waals surface area contributed by atoms with E-state index in [1.54, 1.807) is 14.1 Å². The van der Waals surface area contributed by atoms with E-state index in [-0.39, 0.29) is 6.03 Å². The number of amides is 2. The van der Waals surface area contributed by atoms with Crippen LogP contribution in [0.5, 0.6) is 0 Å². The van der Waals surface area contributed by atoms with Gasteiger partial charge in [-0.25, -0.2) is 4.79 Å². The molecule has 140 valence electrons. The molecule has 0 aliphatic carbocycles. The molecular formula is C19H28N6O. The second-order valence-electron chi connectivity index (χ2n) is 6.98. The minimum Gasteiger partial charge on any atom is -0.332 e. The molecule has 7 heteroatoms. The lowest BCUT2D eigenvalue weighted by atomic mass is 10.2. The fourth-order valence-electron chi connectivity index (χ4n) is 3.12. The van der Waals surface area contributed by atoms with E-state index in [9.17, 15) is 4.79 Å². The number of carbonyl (C=O) groups excluding carboxylic acids is 1. The van der Waals surface area contributed by atoms with Crippen molar-refractivity contribution in [2.75, 3.05) is 20.6 Å². The molecule has 26 heavy (non-hydrogen) atoms. The molecule has 1 N–H and O–H groups in total. The Morgan fingerprint density at radius 2 is 2.12 bits per heavy atom. The average molecular weight is 356 g/mol. The molecule has 7 nitrogen and oxygen atoms in total. The highest BCUT2D eigenvalue weighted by Gasteiger charge is 2.17. The highest BCUT2D eigenvalue weighted by molar-refractivity contribution is 5.73. The first-order valence-corrected chi connectivity index (χ1v) is 9.22. The molecule has 1 aliphatic heterocycles. The summed E-state index contributed by atoms with van der Waals surface area (Å²) in [6.07, 6.45) is 4.05. The van der Waals surface area contributed by atoms with Crippen LogP contribution in [0.25, 0.3) is 0 Å². The third-order valence-corrected chi connectivity index (χ3v) is 4.65. The summed E-state index contributed by atoms with van der Waals surface area (Å²) >= 11 is 0. The Morgan fingerprint density at radius 1 is 1.27 bits per heavy atom. The summed E-state index contributed by atoms with van der Waals surface area (Å²) in [6, 6.07) is 6.29. The van der Waals surface area contributed by atoms with Crippen LogP contribution in [0, 0.1) is 0 Å². The number of pyridine rings is 1. The van der Waals surface area contributed by atoms with E-state index in [2.05, 4.69) is 50.1 Å². The van der Waals surface area contributed by atoms with Gasteiger partial charge in [-0.05, 0) is 30.5 Å². The van der Waals surface area contributed by atoms with Crippen LogP contribution in [0.4, 0.5) is 4.79 Å². The van der Waals surface area contributed by atoms with E-state index in [0.717, 1.165) is 50.4 Å².